The molecule has 7 rings (SSSR count). The van der Waals surface area contributed by atoms with E-state index in [1.54, 1.807) is 36.4 Å². The van der Waals surface area contributed by atoms with Gasteiger partial charge in [0.15, 0.2) is 23.1 Å². The number of fused-ring (bicyclic) bond motifs is 4. The van der Waals surface area contributed by atoms with Crippen molar-refractivity contribution in [2.24, 2.45) is 29.4 Å². The molecule has 0 aromatic heterocycles. The van der Waals surface area contributed by atoms with E-state index >= 15 is 0 Å². The Hall–Kier alpha value is -5.31. The topological polar surface area (TPSA) is 144 Å². The van der Waals surface area contributed by atoms with Gasteiger partial charge in [-0.15, -0.1) is 0 Å². The third-order valence-corrected chi connectivity index (χ3v) is 10.1. The summed E-state index contributed by atoms with van der Waals surface area (Å²) in [5, 5.41) is 10.5. The number of nitrogens with two attached hydrogens (primary N) is 1. The first-order valence-corrected chi connectivity index (χ1v) is 14.9. The standard InChI is InChI=1S/C36H30N2O7/c1-45-28-16-20(12-15-27(28)39)31-22-13-14-23-30(34(43)38(33(23)42)35(37)44)25(22)17-26-32(41)24(19-8-4-2-5-9-19)18-29(40)36(26,31)21-10-6-3-7-11-21/h2-13,15-16,18,23,25-26,30-31,39H,14,17H2,1H3,(H2,37,44). The number of nitrogens with zero attached hydrogens (tertiary/aromatic N) is 1. The molecule has 0 bridgehead atoms. The van der Waals surface area contributed by atoms with Crippen LogP contribution in [-0.2, 0) is 24.6 Å². The minimum absolute atomic E-state index is 0.0948. The number of rotatable bonds is 4. The molecular weight excluding hydrogens is 572 g/mol. The Morgan fingerprint density at radius 1 is 0.933 bits per heavy atom. The third kappa shape index (κ3) is 3.96. The lowest BCUT2D eigenvalue weighted by Gasteiger charge is -2.55. The number of methoxy groups -OCH3 is 1. The molecule has 1 aliphatic heterocycles. The van der Waals surface area contributed by atoms with Gasteiger partial charge in [0, 0.05) is 17.4 Å². The van der Waals surface area contributed by atoms with Gasteiger partial charge in [0.25, 0.3) is 0 Å². The van der Waals surface area contributed by atoms with Gasteiger partial charge in [-0.2, -0.15) is 4.90 Å². The number of allylic oxidation sites excluding steroid dienone is 4. The highest BCUT2D eigenvalue weighted by Gasteiger charge is 2.66. The smallest absolute Gasteiger partial charge is 0.328 e. The number of primary amides is 1. The number of phenols is 1. The second kappa shape index (κ2) is 10.4. The van der Waals surface area contributed by atoms with Crippen LogP contribution in [0.2, 0.25) is 0 Å². The molecule has 4 aliphatic rings. The number of hydrogen-bond donors (Lipinski definition) is 2. The number of amides is 4. The maximum Gasteiger partial charge on any atom is 0.328 e. The lowest BCUT2D eigenvalue weighted by molar-refractivity contribution is -0.137. The van der Waals surface area contributed by atoms with E-state index in [2.05, 4.69) is 0 Å². The molecule has 9 heteroatoms. The average Bonchev–Trinajstić information content (AvgIpc) is 3.32. The van der Waals surface area contributed by atoms with E-state index in [9.17, 15) is 29.1 Å². The zero-order valence-electron chi connectivity index (χ0n) is 24.4. The van der Waals surface area contributed by atoms with E-state index < -0.39 is 52.8 Å². The molecule has 3 aromatic carbocycles. The summed E-state index contributed by atoms with van der Waals surface area (Å²) in [7, 11) is 1.42. The predicted octanol–water partition coefficient (Wildman–Crippen LogP) is 4.30. The maximum atomic E-state index is 14.9. The van der Waals surface area contributed by atoms with Crippen molar-refractivity contribution >= 4 is 35.0 Å². The maximum absolute atomic E-state index is 14.9. The number of likely N-dealkylation sites (tertiary alicyclic amines) is 1. The highest BCUT2D eigenvalue weighted by atomic mass is 16.5. The number of carbonyl (C=O) groups is 5. The van der Waals surface area contributed by atoms with Crippen LogP contribution in [0.25, 0.3) is 5.57 Å². The number of carbonyl (C=O) groups excluding carboxylic acids is 5. The van der Waals surface area contributed by atoms with Crippen LogP contribution in [0.3, 0.4) is 0 Å². The first-order valence-electron chi connectivity index (χ1n) is 14.9. The Labute approximate surface area is 259 Å². The molecule has 9 nitrogen and oxygen atoms in total. The highest BCUT2D eigenvalue weighted by molar-refractivity contribution is 6.31. The van der Waals surface area contributed by atoms with Crippen molar-refractivity contribution in [3.63, 3.8) is 0 Å². The van der Waals surface area contributed by atoms with Crippen molar-refractivity contribution in [2.45, 2.75) is 24.2 Å². The Kier molecular flexibility index (Phi) is 6.58. The van der Waals surface area contributed by atoms with Crippen molar-refractivity contribution in [2.75, 3.05) is 7.11 Å². The number of ketones is 2. The van der Waals surface area contributed by atoms with Gasteiger partial charge in [-0.1, -0.05) is 78.4 Å². The molecule has 6 atom stereocenters. The Morgan fingerprint density at radius 3 is 2.29 bits per heavy atom. The van der Waals surface area contributed by atoms with Crippen molar-refractivity contribution in [3.8, 4) is 11.5 Å². The number of Topliss-reactive ketones (excluding diaryl/α,β-unsaturated/α-hetero) is 1. The molecule has 0 spiro atoms. The number of urea groups is 1. The van der Waals surface area contributed by atoms with Gasteiger partial charge in [0.1, 0.15) is 0 Å². The van der Waals surface area contributed by atoms with E-state index in [0.717, 1.165) is 5.57 Å². The largest absolute Gasteiger partial charge is 0.504 e. The second-order valence-corrected chi connectivity index (χ2v) is 12.1. The second-order valence-electron chi connectivity index (χ2n) is 12.1. The van der Waals surface area contributed by atoms with Crippen LogP contribution in [0.4, 0.5) is 4.79 Å². The third-order valence-electron chi connectivity index (χ3n) is 10.1. The van der Waals surface area contributed by atoms with Crippen molar-refractivity contribution in [3.05, 3.63) is 113 Å². The Morgan fingerprint density at radius 2 is 1.62 bits per heavy atom. The van der Waals surface area contributed by atoms with E-state index in [-0.39, 0.29) is 41.5 Å². The minimum atomic E-state index is -1.41. The van der Waals surface area contributed by atoms with Crippen molar-refractivity contribution < 1.29 is 33.8 Å². The summed E-state index contributed by atoms with van der Waals surface area (Å²) in [4.78, 5) is 69.4. The van der Waals surface area contributed by atoms with E-state index in [1.807, 2.05) is 42.5 Å². The zero-order valence-corrected chi connectivity index (χ0v) is 24.4. The zero-order chi connectivity index (χ0) is 31.6. The number of phenolic OH excluding ortho intramolecular Hbond substituents is 1. The van der Waals surface area contributed by atoms with Crippen molar-refractivity contribution in [1.82, 2.24) is 4.90 Å². The summed E-state index contributed by atoms with van der Waals surface area (Å²) >= 11 is 0. The van der Waals surface area contributed by atoms with Crippen LogP contribution in [-0.4, -0.2) is 46.5 Å². The molecule has 226 valence electrons. The molecule has 2 fully saturated rings. The molecule has 3 aromatic rings. The summed E-state index contributed by atoms with van der Waals surface area (Å²) in [6, 6.07) is 21.9. The molecule has 0 radical (unpaired) electrons. The molecule has 1 saturated heterocycles. The van der Waals surface area contributed by atoms with Crippen LogP contribution >= 0.6 is 0 Å². The molecule has 3 N–H and O–H groups in total. The predicted molar refractivity (Wildman–Crippen MR) is 163 cm³/mol. The van der Waals surface area contributed by atoms with E-state index in [4.69, 9.17) is 10.5 Å². The Bertz CT molecular complexity index is 1850. The Balaban J connectivity index is 1.52. The first-order chi connectivity index (χ1) is 21.7. The molecule has 6 unspecified atom stereocenters. The molecule has 45 heavy (non-hydrogen) atoms. The lowest BCUT2D eigenvalue weighted by Crippen LogP contribution is -2.58. The summed E-state index contributed by atoms with van der Waals surface area (Å²) < 4.78 is 5.46. The minimum Gasteiger partial charge on any atom is -0.504 e. The number of aromatic hydroxyl groups is 1. The quantitative estimate of drug-likeness (QED) is 0.335. The molecule has 1 saturated carbocycles. The van der Waals surface area contributed by atoms with Gasteiger partial charge < -0.3 is 15.6 Å². The number of benzene rings is 3. The van der Waals surface area contributed by atoms with Gasteiger partial charge in [-0.05, 0) is 53.7 Å². The fourth-order valence-corrected chi connectivity index (χ4v) is 8.34. The van der Waals surface area contributed by atoms with Crippen LogP contribution in [0.1, 0.15) is 35.4 Å². The monoisotopic (exact) mass is 602 g/mol. The van der Waals surface area contributed by atoms with Crippen molar-refractivity contribution in [1.29, 1.82) is 0 Å². The van der Waals surface area contributed by atoms with E-state index in [0.29, 0.717) is 21.6 Å². The number of ether oxygens (including phenoxy) is 1. The molecule has 3 aliphatic carbocycles. The van der Waals surface area contributed by atoms with Gasteiger partial charge >= 0.3 is 6.03 Å². The fraction of sp³-hybridized carbons (Fsp3) is 0.250. The van der Waals surface area contributed by atoms with Gasteiger partial charge in [0.2, 0.25) is 11.8 Å². The summed E-state index contributed by atoms with van der Waals surface area (Å²) in [6.07, 6.45) is 3.60. The summed E-state index contributed by atoms with van der Waals surface area (Å²) in [6.45, 7) is 0. The number of hydrogen-bond acceptors (Lipinski definition) is 7. The lowest BCUT2D eigenvalue weighted by atomic mass is 9.44. The highest BCUT2D eigenvalue weighted by Crippen LogP contribution is 2.63. The van der Waals surface area contributed by atoms with Crippen LogP contribution in [0.15, 0.2) is 96.6 Å². The van der Waals surface area contributed by atoms with Gasteiger partial charge in [0.05, 0.1) is 24.4 Å². The first kappa shape index (κ1) is 28.5. The SMILES string of the molecule is COc1cc(C2C3=CCC4C(=O)N(C(N)=O)C(=O)C4C3CC3C(=O)C(c4ccccc4)=CC(=O)C32c2ccccc2)ccc1O. The van der Waals surface area contributed by atoms with Gasteiger partial charge in [-0.25, -0.2) is 4.79 Å². The van der Waals surface area contributed by atoms with Crippen LogP contribution in [0.5, 0.6) is 11.5 Å². The van der Waals surface area contributed by atoms with E-state index in [1.165, 1.54) is 19.3 Å². The average molecular weight is 603 g/mol. The molecule has 1 heterocycles. The number of imide groups is 3. The normalized spacial score (nSPS) is 28.9. The summed E-state index contributed by atoms with van der Waals surface area (Å²) in [5.41, 5.74) is 6.93. The fourth-order valence-electron chi connectivity index (χ4n) is 8.34. The summed E-state index contributed by atoms with van der Waals surface area (Å²) in [5.74, 6) is -5.81. The van der Waals surface area contributed by atoms with Gasteiger partial charge in [-0.3, -0.25) is 19.2 Å². The molecule has 4 amide bonds. The van der Waals surface area contributed by atoms with Crippen LogP contribution in [0, 0.1) is 23.7 Å². The van der Waals surface area contributed by atoms with Crippen LogP contribution < -0.4 is 10.5 Å². The molecular formula is C36H30N2O7.